The molecule has 1 unspecified atom stereocenters. The second-order valence-corrected chi connectivity index (χ2v) is 4.43. The van der Waals surface area contributed by atoms with Gasteiger partial charge in [0.25, 0.3) is 0 Å². The number of aromatic carboxylic acids is 1. The van der Waals surface area contributed by atoms with E-state index >= 15 is 0 Å². The molecule has 0 radical (unpaired) electrons. The summed E-state index contributed by atoms with van der Waals surface area (Å²) >= 11 is 0. The zero-order valence-corrected chi connectivity index (χ0v) is 9.88. The van der Waals surface area contributed by atoms with Crippen LogP contribution in [0, 0.1) is 0 Å². The Balaban J connectivity index is 1.99. The van der Waals surface area contributed by atoms with E-state index in [1.807, 2.05) is 0 Å². The number of H-pyrrole nitrogens is 1. The smallest absolute Gasteiger partial charge is 0.335 e. The number of amides is 1. The number of anilines is 1. The molecular formula is C13H11N3O3. The van der Waals surface area contributed by atoms with Crippen LogP contribution in [0.5, 0.6) is 0 Å². The van der Waals surface area contributed by atoms with Crippen LogP contribution in [-0.4, -0.2) is 27.2 Å². The van der Waals surface area contributed by atoms with Crippen molar-refractivity contribution in [2.75, 3.05) is 5.32 Å². The van der Waals surface area contributed by atoms with Gasteiger partial charge in [0, 0.05) is 17.9 Å². The molecule has 1 aromatic heterocycles. The van der Waals surface area contributed by atoms with Gasteiger partial charge in [-0.2, -0.15) is 5.10 Å². The molecule has 2 aromatic rings. The van der Waals surface area contributed by atoms with Gasteiger partial charge in [-0.15, -0.1) is 0 Å². The summed E-state index contributed by atoms with van der Waals surface area (Å²) in [6, 6.07) is 6.57. The van der Waals surface area contributed by atoms with Crippen molar-refractivity contribution >= 4 is 17.7 Å². The number of carbonyl (C=O) groups excluding carboxylic acids is 1. The fourth-order valence-corrected chi connectivity index (χ4v) is 2.30. The molecule has 0 bridgehead atoms. The average Bonchev–Trinajstić information content (AvgIpc) is 2.85. The van der Waals surface area contributed by atoms with Crippen LogP contribution < -0.4 is 5.32 Å². The fourth-order valence-electron chi connectivity index (χ4n) is 2.30. The van der Waals surface area contributed by atoms with Crippen molar-refractivity contribution < 1.29 is 14.7 Å². The van der Waals surface area contributed by atoms with Crippen molar-refractivity contribution in [1.82, 2.24) is 10.2 Å². The molecule has 0 saturated carbocycles. The Kier molecular flexibility index (Phi) is 2.56. The summed E-state index contributed by atoms with van der Waals surface area (Å²) in [5.74, 6) is -0.519. The monoisotopic (exact) mass is 257 g/mol. The third kappa shape index (κ3) is 1.97. The van der Waals surface area contributed by atoms with Gasteiger partial charge in [0.05, 0.1) is 11.8 Å². The van der Waals surface area contributed by atoms with Crippen molar-refractivity contribution in [3.8, 4) is 0 Å². The lowest BCUT2D eigenvalue weighted by Gasteiger charge is -2.22. The van der Waals surface area contributed by atoms with E-state index in [9.17, 15) is 9.59 Å². The summed E-state index contributed by atoms with van der Waals surface area (Å²) < 4.78 is 0. The summed E-state index contributed by atoms with van der Waals surface area (Å²) in [5.41, 5.74) is 2.06. The predicted molar refractivity (Wildman–Crippen MR) is 67.1 cm³/mol. The molecule has 0 fully saturated rings. The number of carboxylic acids is 1. The molecule has 6 nitrogen and oxygen atoms in total. The van der Waals surface area contributed by atoms with Gasteiger partial charge in [-0.3, -0.25) is 9.89 Å². The van der Waals surface area contributed by atoms with Crippen molar-refractivity contribution in [3.05, 3.63) is 47.2 Å². The molecule has 6 heteroatoms. The maximum absolute atomic E-state index is 11.6. The Morgan fingerprint density at radius 3 is 2.74 bits per heavy atom. The lowest BCUT2D eigenvalue weighted by molar-refractivity contribution is -0.116. The van der Waals surface area contributed by atoms with Crippen molar-refractivity contribution in [2.45, 2.75) is 12.3 Å². The van der Waals surface area contributed by atoms with Gasteiger partial charge in [0.2, 0.25) is 5.91 Å². The number of hydrogen-bond acceptors (Lipinski definition) is 3. The lowest BCUT2D eigenvalue weighted by Crippen LogP contribution is -2.22. The van der Waals surface area contributed by atoms with Crippen LogP contribution in [0.1, 0.15) is 33.8 Å². The minimum Gasteiger partial charge on any atom is -0.478 e. The number of nitrogens with one attached hydrogen (secondary N) is 2. The first-order valence-corrected chi connectivity index (χ1v) is 5.81. The maximum Gasteiger partial charge on any atom is 0.335 e. The van der Waals surface area contributed by atoms with Crippen LogP contribution >= 0.6 is 0 Å². The molecule has 1 amide bonds. The molecule has 0 saturated heterocycles. The number of carbonyl (C=O) groups is 2. The molecule has 1 aliphatic heterocycles. The second-order valence-electron chi connectivity index (χ2n) is 4.43. The van der Waals surface area contributed by atoms with E-state index in [1.165, 1.54) is 0 Å². The number of fused-ring (bicyclic) bond motifs is 1. The Hall–Kier alpha value is -2.63. The van der Waals surface area contributed by atoms with Gasteiger partial charge in [0.1, 0.15) is 5.82 Å². The molecule has 3 rings (SSSR count). The Morgan fingerprint density at radius 2 is 2.05 bits per heavy atom. The highest BCUT2D eigenvalue weighted by molar-refractivity contribution is 5.94. The summed E-state index contributed by atoms with van der Waals surface area (Å²) in [6.45, 7) is 0. The van der Waals surface area contributed by atoms with Gasteiger partial charge in [-0.25, -0.2) is 4.79 Å². The number of hydrogen-bond donors (Lipinski definition) is 3. The largest absolute Gasteiger partial charge is 0.478 e. The summed E-state index contributed by atoms with van der Waals surface area (Å²) in [5, 5.41) is 18.3. The van der Waals surface area contributed by atoms with Gasteiger partial charge in [0.15, 0.2) is 0 Å². The first-order valence-electron chi connectivity index (χ1n) is 5.81. The van der Waals surface area contributed by atoms with E-state index in [2.05, 4.69) is 15.5 Å². The fraction of sp³-hybridized carbons (Fsp3) is 0.154. The summed E-state index contributed by atoms with van der Waals surface area (Å²) in [7, 11) is 0. The molecule has 0 spiro atoms. The highest BCUT2D eigenvalue weighted by Gasteiger charge is 2.27. The topological polar surface area (TPSA) is 95.1 Å². The Morgan fingerprint density at radius 1 is 1.32 bits per heavy atom. The highest BCUT2D eigenvalue weighted by atomic mass is 16.4. The van der Waals surface area contributed by atoms with E-state index in [4.69, 9.17) is 5.11 Å². The van der Waals surface area contributed by atoms with E-state index in [0.717, 1.165) is 11.1 Å². The molecule has 19 heavy (non-hydrogen) atoms. The summed E-state index contributed by atoms with van der Waals surface area (Å²) in [4.78, 5) is 22.4. The first-order chi connectivity index (χ1) is 9.15. The van der Waals surface area contributed by atoms with Crippen molar-refractivity contribution in [3.63, 3.8) is 0 Å². The SMILES string of the molecule is O=C1CC(c2ccc(C(=O)O)cc2)c2cn[nH]c2N1. The zero-order valence-electron chi connectivity index (χ0n) is 9.88. The molecule has 96 valence electrons. The number of benzene rings is 1. The van der Waals surface area contributed by atoms with Gasteiger partial charge < -0.3 is 10.4 Å². The van der Waals surface area contributed by atoms with Crippen molar-refractivity contribution in [2.24, 2.45) is 0 Å². The third-order valence-electron chi connectivity index (χ3n) is 3.26. The third-order valence-corrected chi connectivity index (χ3v) is 3.26. The standard InChI is InChI=1S/C13H11N3O3/c17-11-5-9(10-6-14-16-12(10)15-11)7-1-3-8(4-2-7)13(18)19/h1-4,6,9H,5H2,(H,18,19)(H2,14,15,16,17). The number of nitrogens with zero attached hydrogens (tertiary/aromatic N) is 1. The second kappa shape index (κ2) is 4.24. The van der Waals surface area contributed by atoms with E-state index in [1.54, 1.807) is 30.5 Å². The van der Waals surface area contributed by atoms with Gasteiger partial charge >= 0.3 is 5.97 Å². The van der Waals surface area contributed by atoms with E-state index < -0.39 is 5.97 Å². The predicted octanol–water partition coefficient (Wildman–Crippen LogP) is 1.58. The Bertz CT molecular complexity index is 645. The normalized spacial score (nSPS) is 17.7. The van der Waals surface area contributed by atoms with Crippen LogP contribution in [0.15, 0.2) is 30.5 Å². The minimum atomic E-state index is -0.961. The molecule has 0 aliphatic carbocycles. The molecular weight excluding hydrogens is 246 g/mol. The van der Waals surface area contributed by atoms with Crippen molar-refractivity contribution in [1.29, 1.82) is 0 Å². The quantitative estimate of drug-likeness (QED) is 0.761. The molecule has 1 aromatic carbocycles. The molecule has 3 N–H and O–H groups in total. The number of aromatic amines is 1. The maximum atomic E-state index is 11.6. The highest BCUT2D eigenvalue weighted by Crippen LogP contribution is 2.35. The van der Waals surface area contributed by atoms with Gasteiger partial charge in [-0.1, -0.05) is 12.1 Å². The number of rotatable bonds is 2. The van der Waals surface area contributed by atoms with Crippen LogP contribution in [0.25, 0.3) is 0 Å². The Labute approximate surface area is 108 Å². The van der Waals surface area contributed by atoms with E-state index in [0.29, 0.717) is 12.2 Å². The molecule has 1 aliphatic rings. The van der Waals surface area contributed by atoms with Gasteiger partial charge in [-0.05, 0) is 17.7 Å². The molecule has 2 heterocycles. The zero-order chi connectivity index (χ0) is 13.4. The lowest BCUT2D eigenvalue weighted by atomic mass is 9.87. The number of aromatic nitrogens is 2. The number of carboxylic acid groups (broad SMARTS) is 1. The minimum absolute atomic E-state index is 0.0796. The van der Waals surface area contributed by atoms with Crippen LogP contribution in [0.2, 0.25) is 0 Å². The van der Waals surface area contributed by atoms with Crippen LogP contribution in [0.3, 0.4) is 0 Å². The molecule has 1 atom stereocenters. The summed E-state index contributed by atoms with van der Waals surface area (Å²) in [6.07, 6.45) is 2.02. The van der Waals surface area contributed by atoms with Crippen LogP contribution in [0.4, 0.5) is 5.82 Å². The first kappa shape index (κ1) is 11.5. The van der Waals surface area contributed by atoms with E-state index in [-0.39, 0.29) is 17.4 Å². The van der Waals surface area contributed by atoms with Crippen LogP contribution in [-0.2, 0) is 4.79 Å². The average molecular weight is 257 g/mol.